The number of carbonyl (C=O) groups is 2. The van der Waals surface area contributed by atoms with E-state index in [1.165, 1.54) is 0 Å². The third-order valence-corrected chi connectivity index (χ3v) is 4.19. The minimum atomic E-state index is -0.206. The van der Waals surface area contributed by atoms with E-state index in [1.807, 2.05) is 18.2 Å². The Morgan fingerprint density at radius 1 is 0.767 bits per heavy atom. The maximum atomic E-state index is 12.4. The molecule has 0 saturated heterocycles. The van der Waals surface area contributed by atoms with E-state index in [9.17, 15) is 9.59 Å². The van der Waals surface area contributed by atoms with Crippen molar-refractivity contribution in [3.63, 3.8) is 0 Å². The lowest BCUT2D eigenvalue weighted by Crippen LogP contribution is -2.27. The van der Waals surface area contributed by atoms with Crippen molar-refractivity contribution in [3.05, 3.63) is 96.2 Å². The van der Waals surface area contributed by atoms with Crippen LogP contribution in [0.3, 0.4) is 0 Å². The molecule has 0 heterocycles. The van der Waals surface area contributed by atoms with E-state index in [1.54, 1.807) is 42.5 Å². The first-order valence-electron chi connectivity index (χ1n) is 9.80. The largest absolute Gasteiger partial charge is 0.383 e. The average Bonchev–Trinajstić information content (AvgIpc) is 2.80. The highest BCUT2D eigenvalue weighted by atomic mass is 16.5. The molecule has 0 aliphatic rings. The topological polar surface area (TPSA) is 76.7 Å². The molecule has 6 heteroatoms. The van der Waals surface area contributed by atoms with E-state index in [-0.39, 0.29) is 11.7 Å². The molecule has 0 aliphatic heterocycles. The van der Waals surface area contributed by atoms with Crippen LogP contribution in [0.4, 0.5) is 0 Å². The van der Waals surface area contributed by atoms with Gasteiger partial charge in [0.15, 0.2) is 5.78 Å². The summed E-state index contributed by atoms with van der Waals surface area (Å²) in [5, 5.41) is 5.84. The van der Waals surface area contributed by atoms with Crippen molar-refractivity contribution in [1.29, 1.82) is 0 Å². The molecule has 0 saturated carbocycles. The molecule has 0 spiro atoms. The van der Waals surface area contributed by atoms with Gasteiger partial charge in [0, 0.05) is 35.5 Å². The zero-order chi connectivity index (χ0) is 21.6. The smallest absolute Gasteiger partial charge is 0.251 e. The Bertz CT molecular complexity index is 832. The second kappa shape index (κ2) is 13.1. The summed E-state index contributed by atoms with van der Waals surface area (Å²) < 4.78 is 10.8. The highest BCUT2D eigenvalue weighted by molar-refractivity contribution is 6.09. The third-order valence-electron chi connectivity index (χ3n) is 4.19. The summed E-state index contributed by atoms with van der Waals surface area (Å²) in [5.74, 6) is -0.276. The van der Waals surface area contributed by atoms with E-state index >= 15 is 0 Å². The molecule has 0 aromatic heterocycles. The summed E-state index contributed by atoms with van der Waals surface area (Å²) in [6.45, 7) is 10.3. The zero-order valence-electron chi connectivity index (χ0n) is 17.1. The minimum absolute atomic E-state index is 0.0698. The van der Waals surface area contributed by atoms with Gasteiger partial charge in [0.25, 0.3) is 5.91 Å². The van der Waals surface area contributed by atoms with Crippen LogP contribution in [0.5, 0.6) is 0 Å². The maximum absolute atomic E-state index is 12.4. The number of hydrogen-bond acceptors (Lipinski definition) is 5. The van der Waals surface area contributed by atoms with Gasteiger partial charge in [-0.1, -0.05) is 55.6 Å². The zero-order valence-corrected chi connectivity index (χ0v) is 17.1. The highest BCUT2D eigenvalue weighted by Crippen LogP contribution is 2.11. The Morgan fingerprint density at radius 3 is 1.90 bits per heavy atom. The second-order valence-corrected chi connectivity index (χ2v) is 6.41. The number of nitrogens with one attached hydrogen (secondary N) is 2. The minimum Gasteiger partial charge on any atom is -0.383 e. The number of carbonyl (C=O) groups excluding carboxylic acids is 2. The molecule has 2 aromatic carbocycles. The van der Waals surface area contributed by atoms with Gasteiger partial charge in [-0.25, -0.2) is 0 Å². The Labute approximate surface area is 177 Å². The lowest BCUT2D eigenvalue weighted by Gasteiger charge is -2.09. The molecule has 2 rings (SSSR count). The molecule has 158 valence electrons. The van der Waals surface area contributed by atoms with E-state index in [0.29, 0.717) is 56.2 Å². The van der Waals surface area contributed by atoms with Crippen LogP contribution in [-0.4, -0.2) is 51.2 Å². The summed E-state index contributed by atoms with van der Waals surface area (Å²) >= 11 is 0. The van der Waals surface area contributed by atoms with Crippen molar-refractivity contribution in [1.82, 2.24) is 10.6 Å². The van der Waals surface area contributed by atoms with Gasteiger partial charge in [-0.2, -0.15) is 0 Å². The van der Waals surface area contributed by atoms with Gasteiger partial charge in [0.2, 0.25) is 0 Å². The van der Waals surface area contributed by atoms with Gasteiger partial charge < -0.3 is 20.1 Å². The van der Waals surface area contributed by atoms with Crippen molar-refractivity contribution in [2.24, 2.45) is 0 Å². The molecule has 0 unspecified atom stereocenters. The maximum Gasteiger partial charge on any atom is 0.251 e. The summed E-state index contributed by atoms with van der Waals surface area (Å²) in [4.78, 5) is 24.6. The van der Waals surface area contributed by atoms with Crippen LogP contribution >= 0.6 is 0 Å². The van der Waals surface area contributed by atoms with Crippen molar-refractivity contribution in [2.75, 3.05) is 39.5 Å². The van der Waals surface area contributed by atoms with Gasteiger partial charge >= 0.3 is 0 Å². The lowest BCUT2D eigenvalue weighted by molar-refractivity contribution is 0.0498. The molecule has 6 nitrogen and oxygen atoms in total. The predicted molar refractivity (Wildman–Crippen MR) is 118 cm³/mol. The van der Waals surface area contributed by atoms with Crippen molar-refractivity contribution in [3.8, 4) is 0 Å². The summed E-state index contributed by atoms with van der Waals surface area (Å²) in [6, 6.07) is 15.7. The number of allylic oxidation sites excluding steroid dienone is 1. The summed E-state index contributed by atoms with van der Waals surface area (Å²) in [5.41, 5.74) is 2.43. The molecule has 2 N–H and O–H groups in total. The summed E-state index contributed by atoms with van der Waals surface area (Å²) in [7, 11) is 0. The molecule has 1 amide bonds. The number of hydrogen-bond donors (Lipinski definition) is 2. The standard InChI is InChI=1S/C24H28N2O4/c1-3-19(2)25-13-15-29-17-18-30-16-14-26-24(28)22-11-9-21(10-12-22)23(27)20-7-5-4-6-8-20/h3-12,25H,1-2,13-18H2,(H,26,28). The first-order valence-corrected chi connectivity index (χ1v) is 9.80. The first-order chi connectivity index (χ1) is 14.6. The molecule has 0 aliphatic carbocycles. The summed E-state index contributed by atoms with van der Waals surface area (Å²) in [6.07, 6.45) is 1.65. The highest BCUT2D eigenvalue weighted by Gasteiger charge is 2.10. The third kappa shape index (κ3) is 8.03. The molecule has 2 aromatic rings. The monoisotopic (exact) mass is 408 g/mol. The van der Waals surface area contributed by atoms with Crippen LogP contribution in [0.2, 0.25) is 0 Å². The van der Waals surface area contributed by atoms with Gasteiger partial charge in [0.1, 0.15) is 0 Å². The number of amides is 1. The fourth-order valence-electron chi connectivity index (χ4n) is 2.55. The van der Waals surface area contributed by atoms with E-state index < -0.39 is 0 Å². The fourth-order valence-corrected chi connectivity index (χ4v) is 2.55. The molecule has 0 fully saturated rings. The average molecular weight is 408 g/mol. The molecule has 0 atom stereocenters. The van der Waals surface area contributed by atoms with Gasteiger partial charge in [-0.15, -0.1) is 0 Å². The van der Waals surface area contributed by atoms with Crippen LogP contribution in [0.15, 0.2) is 79.5 Å². The van der Waals surface area contributed by atoms with Crippen LogP contribution in [0.25, 0.3) is 0 Å². The number of ether oxygens (including phenoxy) is 2. The Balaban J connectivity index is 1.60. The normalized spacial score (nSPS) is 10.3. The van der Waals surface area contributed by atoms with Crippen LogP contribution < -0.4 is 10.6 Å². The Kier molecular flexibility index (Phi) is 10.1. The van der Waals surface area contributed by atoms with Crippen molar-refractivity contribution < 1.29 is 19.1 Å². The van der Waals surface area contributed by atoms with Crippen LogP contribution in [0.1, 0.15) is 26.3 Å². The second-order valence-electron chi connectivity index (χ2n) is 6.41. The van der Waals surface area contributed by atoms with Gasteiger partial charge in [-0.05, 0) is 18.2 Å². The Hall–Kier alpha value is -3.22. The van der Waals surface area contributed by atoms with E-state index in [0.717, 1.165) is 5.70 Å². The molecular weight excluding hydrogens is 380 g/mol. The van der Waals surface area contributed by atoms with Crippen LogP contribution in [0, 0.1) is 0 Å². The van der Waals surface area contributed by atoms with Gasteiger partial charge in [-0.3, -0.25) is 9.59 Å². The Morgan fingerprint density at radius 2 is 1.30 bits per heavy atom. The van der Waals surface area contributed by atoms with Crippen LogP contribution in [-0.2, 0) is 9.47 Å². The molecular formula is C24H28N2O4. The number of benzene rings is 2. The number of ketones is 1. The lowest BCUT2D eigenvalue weighted by atomic mass is 10.0. The predicted octanol–water partition coefficient (Wildman–Crippen LogP) is 2.97. The van der Waals surface area contributed by atoms with Crippen molar-refractivity contribution in [2.45, 2.75) is 0 Å². The van der Waals surface area contributed by atoms with Gasteiger partial charge in [0.05, 0.1) is 26.4 Å². The molecule has 30 heavy (non-hydrogen) atoms. The quantitative estimate of drug-likeness (QED) is 0.286. The molecule has 0 radical (unpaired) electrons. The van der Waals surface area contributed by atoms with Crippen molar-refractivity contribution >= 4 is 11.7 Å². The molecule has 0 bridgehead atoms. The number of rotatable bonds is 14. The SMILES string of the molecule is C=CC(=C)NCCOCCOCCNC(=O)c1ccc(C(=O)c2ccccc2)cc1. The van der Waals surface area contributed by atoms with E-state index in [2.05, 4.69) is 23.8 Å². The van der Waals surface area contributed by atoms with E-state index in [4.69, 9.17) is 9.47 Å². The first kappa shape index (κ1) is 23.1. The fraction of sp³-hybridized carbons (Fsp3) is 0.250.